The monoisotopic (exact) mass is 248 g/mol. The topological polar surface area (TPSA) is 69.6 Å². The molecule has 1 saturated heterocycles. The van der Waals surface area contributed by atoms with Crippen LogP contribution in [0, 0.1) is 0 Å². The van der Waals surface area contributed by atoms with E-state index in [1.807, 2.05) is 30.3 Å². The van der Waals surface area contributed by atoms with Crippen LogP contribution in [0.15, 0.2) is 30.3 Å². The van der Waals surface area contributed by atoms with E-state index in [-0.39, 0.29) is 25.0 Å². The standard InChI is InChI=1S/C13H16N2O3/c16-12-8-15(9-13(17)18)7-11(14-12)6-10-4-2-1-3-5-10/h1-5,11H,6-9H2,(H,14,16)(H,17,18)/t11-/m1/s1. The highest BCUT2D eigenvalue weighted by Gasteiger charge is 2.25. The van der Waals surface area contributed by atoms with Gasteiger partial charge in [0, 0.05) is 12.6 Å². The number of hydrogen-bond donors (Lipinski definition) is 2. The molecule has 1 heterocycles. The molecule has 96 valence electrons. The predicted molar refractivity (Wildman–Crippen MR) is 66.2 cm³/mol. The lowest BCUT2D eigenvalue weighted by molar-refractivity contribution is -0.139. The quantitative estimate of drug-likeness (QED) is 0.793. The molecule has 1 amide bonds. The molecule has 1 aliphatic heterocycles. The summed E-state index contributed by atoms with van der Waals surface area (Å²) < 4.78 is 0. The maximum absolute atomic E-state index is 11.5. The van der Waals surface area contributed by atoms with E-state index in [1.165, 1.54) is 0 Å². The third kappa shape index (κ3) is 3.56. The molecule has 0 radical (unpaired) electrons. The molecule has 0 unspecified atom stereocenters. The highest BCUT2D eigenvalue weighted by Crippen LogP contribution is 2.07. The number of carboxylic acid groups (broad SMARTS) is 1. The molecule has 1 aliphatic rings. The number of hydrogen-bond acceptors (Lipinski definition) is 3. The Bertz CT molecular complexity index is 431. The minimum absolute atomic E-state index is 0.0204. The summed E-state index contributed by atoms with van der Waals surface area (Å²) in [4.78, 5) is 23.8. The first-order valence-corrected chi connectivity index (χ1v) is 5.91. The van der Waals surface area contributed by atoms with Crippen molar-refractivity contribution < 1.29 is 14.7 Å². The van der Waals surface area contributed by atoms with Crippen molar-refractivity contribution in [1.82, 2.24) is 10.2 Å². The number of carbonyl (C=O) groups is 2. The zero-order valence-electron chi connectivity index (χ0n) is 10.0. The molecule has 2 rings (SSSR count). The first-order valence-electron chi connectivity index (χ1n) is 5.91. The first kappa shape index (κ1) is 12.6. The van der Waals surface area contributed by atoms with Crippen LogP contribution >= 0.6 is 0 Å². The number of aliphatic carboxylic acids is 1. The largest absolute Gasteiger partial charge is 0.480 e. The van der Waals surface area contributed by atoms with Crippen LogP contribution in [-0.4, -0.2) is 47.6 Å². The molecule has 0 bridgehead atoms. The molecule has 0 spiro atoms. The molecule has 2 N–H and O–H groups in total. The van der Waals surface area contributed by atoms with Crippen LogP contribution in [0.5, 0.6) is 0 Å². The van der Waals surface area contributed by atoms with Crippen molar-refractivity contribution in [1.29, 1.82) is 0 Å². The Labute approximate surface area is 105 Å². The van der Waals surface area contributed by atoms with Crippen LogP contribution in [-0.2, 0) is 16.0 Å². The van der Waals surface area contributed by atoms with E-state index >= 15 is 0 Å². The average Bonchev–Trinajstić information content (AvgIpc) is 2.28. The number of benzene rings is 1. The lowest BCUT2D eigenvalue weighted by Crippen LogP contribution is -2.55. The number of rotatable bonds is 4. The van der Waals surface area contributed by atoms with Crippen LogP contribution < -0.4 is 5.32 Å². The molecule has 0 aliphatic carbocycles. The predicted octanol–water partition coefficient (Wildman–Crippen LogP) is 0.114. The fraction of sp³-hybridized carbons (Fsp3) is 0.385. The lowest BCUT2D eigenvalue weighted by Gasteiger charge is -2.32. The fourth-order valence-electron chi connectivity index (χ4n) is 2.22. The number of carbonyl (C=O) groups excluding carboxylic acids is 1. The molecule has 18 heavy (non-hydrogen) atoms. The Kier molecular flexibility index (Phi) is 3.94. The van der Waals surface area contributed by atoms with Crippen molar-refractivity contribution in [3.05, 3.63) is 35.9 Å². The van der Waals surface area contributed by atoms with Crippen molar-refractivity contribution in [2.45, 2.75) is 12.5 Å². The van der Waals surface area contributed by atoms with Crippen molar-refractivity contribution >= 4 is 11.9 Å². The Morgan fingerprint density at radius 1 is 1.39 bits per heavy atom. The highest BCUT2D eigenvalue weighted by atomic mass is 16.4. The van der Waals surface area contributed by atoms with Gasteiger partial charge in [0.05, 0.1) is 13.1 Å². The summed E-state index contributed by atoms with van der Waals surface area (Å²) >= 11 is 0. The number of carboxylic acids is 1. The second kappa shape index (κ2) is 5.64. The van der Waals surface area contributed by atoms with Crippen LogP contribution in [0.25, 0.3) is 0 Å². The second-order valence-corrected chi connectivity index (χ2v) is 4.52. The van der Waals surface area contributed by atoms with Crippen LogP contribution in [0.4, 0.5) is 0 Å². The number of nitrogens with zero attached hydrogens (tertiary/aromatic N) is 1. The molecule has 0 saturated carbocycles. The molecule has 1 fully saturated rings. The van der Waals surface area contributed by atoms with E-state index < -0.39 is 5.97 Å². The number of piperazine rings is 1. The molecule has 5 nitrogen and oxygen atoms in total. The summed E-state index contributed by atoms with van der Waals surface area (Å²) in [6.07, 6.45) is 0.725. The maximum Gasteiger partial charge on any atom is 0.317 e. The van der Waals surface area contributed by atoms with Crippen molar-refractivity contribution in [3.63, 3.8) is 0 Å². The van der Waals surface area contributed by atoms with Gasteiger partial charge >= 0.3 is 5.97 Å². The minimum Gasteiger partial charge on any atom is -0.480 e. The summed E-state index contributed by atoms with van der Waals surface area (Å²) in [5.74, 6) is -1.01. The van der Waals surface area contributed by atoms with Crippen molar-refractivity contribution in [2.75, 3.05) is 19.6 Å². The van der Waals surface area contributed by atoms with Gasteiger partial charge in [-0.25, -0.2) is 0 Å². The van der Waals surface area contributed by atoms with Crippen LogP contribution in [0.1, 0.15) is 5.56 Å². The van der Waals surface area contributed by atoms with Gasteiger partial charge in [-0.05, 0) is 12.0 Å². The van der Waals surface area contributed by atoms with Gasteiger partial charge in [0.2, 0.25) is 5.91 Å². The van der Waals surface area contributed by atoms with E-state index in [2.05, 4.69) is 5.32 Å². The summed E-state index contributed by atoms with van der Waals surface area (Å²) in [7, 11) is 0. The smallest absolute Gasteiger partial charge is 0.317 e. The second-order valence-electron chi connectivity index (χ2n) is 4.52. The van der Waals surface area contributed by atoms with Gasteiger partial charge in [0.25, 0.3) is 0 Å². The van der Waals surface area contributed by atoms with Gasteiger partial charge in [-0.15, -0.1) is 0 Å². The Hall–Kier alpha value is -1.88. The zero-order valence-corrected chi connectivity index (χ0v) is 10.0. The van der Waals surface area contributed by atoms with Gasteiger partial charge in [0.1, 0.15) is 0 Å². The Morgan fingerprint density at radius 2 is 2.11 bits per heavy atom. The van der Waals surface area contributed by atoms with Crippen molar-refractivity contribution in [2.24, 2.45) is 0 Å². The Balaban J connectivity index is 1.96. The third-order valence-corrected chi connectivity index (χ3v) is 2.89. The SMILES string of the molecule is O=C(O)CN1CC(=O)N[C@H](Cc2ccccc2)C1. The van der Waals surface area contributed by atoms with Gasteiger partial charge in [0.15, 0.2) is 0 Å². The maximum atomic E-state index is 11.5. The summed E-state index contributed by atoms with van der Waals surface area (Å²) in [6.45, 7) is 0.656. The number of amides is 1. The van der Waals surface area contributed by atoms with Gasteiger partial charge in [-0.3, -0.25) is 14.5 Å². The molecule has 0 aromatic heterocycles. The van der Waals surface area contributed by atoms with Crippen LogP contribution in [0.2, 0.25) is 0 Å². The number of nitrogens with one attached hydrogen (secondary N) is 1. The van der Waals surface area contributed by atoms with Gasteiger partial charge < -0.3 is 10.4 Å². The molecule has 1 aromatic rings. The van der Waals surface area contributed by atoms with Gasteiger partial charge in [-0.2, -0.15) is 0 Å². The van der Waals surface area contributed by atoms with E-state index in [0.717, 1.165) is 12.0 Å². The normalized spacial score (nSPS) is 20.4. The lowest BCUT2D eigenvalue weighted by atomic mass is 10.0. The summed E-state index contributed by atoms with van der Waals surface area (Å²) in [5, 5.41) is 11.6. The molecule has 5 heteroatoms. The fourth-order valence-corrected chi connectivity index (χ4v) is 2.22. The van der Waals surface area contributed by atoms with E-state index in [1.54, 1.807) is 4.90 Å². The third-order valence-electron chi connectivity index (χ3n) is 2.89. The van der Waals surface area contributed by atoms with E-state index in [0.29, 0.717) is 6.54 Å². The Morgan fingerprint density at radius 3 is 2.78 bits per heavy atom. The average molecular weight is 248 g/mol. The summed E-state index contributed by atoms with van der Waals surface area (Å²) in [6, 6.07) is 9.84. The minimum atomic E-state index is -0.900. The zero-order chi connectivity index (χ0) is 13.0. The van der Waals surface area contributed by atoms with Crippen LogP contribution in [0.3, 0.4) is 0 Å². The highest BCUT2D eigenvalue weighted by molar-refractivity contribution is 5.80. The van der Waals surface area contributed by atoms with Gasteiger partial charge in [-0.1, -0.05) is 30.3 Å². The molecule has 1 atom stereocenters. The molecular weight excluding hydrogens is 232 g/mol. The first-order chi connectivity index (χ1) is 8.63. The molecule has 1 aromatic carbocycles. The summed E-state index contributed by atoms with van der Waals surface area (Å²) in [5.41, 5.74) is 1.14. The van der Waals surface area contributed by atoms with E-state index in [4.69, 9.17) is 5.11 Å². The van der Waals surface area contributed by atoms with E-state index in [9.17, 15) is 9.59 Å². The van der Waals surface area contributed by atoms with Crippen molar-refractivity contribution in [3.8, 4) is 0 Å². The molecular formula is C13H16N2O3.